The Morgan fingerprint density at radius 1 is 1.19 bits per heavy atom. The Bertz CT molecular complexity index is 315. The number of rotatable bonds is 3. The predicted octanol–water partition coefficient (Wildman–Crippen LogP) is 3.26. The predicted molar refractivity (Wildman–Crippen MR) is 63.3 cm³/mol. The van der Waals surface area contributed by atoms with Crippen LogP contribution >= 0.6 is 0 Å². The molecule has 0 unspecified atom stereocenters. The van der Waals surface area contributed by atoms with Crippen molar-refractivity contribution in [1.82, 2.24) is 9.97 Å². The number of hydrogen-bond acceptors (Lipinski definition) is 3. The highest BCUT2D eigenvalue weighted by molar-refractivity contribution is 5.11. The fraction of sp³-hybridized carbons (Fsp3) is 0.692. The Morgan fingerprint density at radius 3 is 2.38 bits per heavy atom. The molecule has 1 N–H and O–H groups in total. The van der Waals surface area contributed by atoms with E-state index in [1.54, 1.807) is 0 Å². The van der Waals surface area contributed by atoms with Gasteiger partial charge in [0.1, 0.15) is 5.82 Å². The van der Waals surface area contributed by atoms with Crippen LogP contribution < -0.4 is 0 Å². The first-order valence-electron chi connectivity index (χ1n) is 6.30. The molecule has 0 amide bonds. The lowest BCUT2D eigenvalue weighted by Crippen LogP contribution is -2.15. The monoisotopic (exact) mass is 220 g/mol. The summed E-state index contributed by atoms with van der Waals surface area (Å²) in [5.41, 5.74) is 0. The molecule has 1 aromatic rings. The third kappa shape index (κ3) is 2.71. The van der Waals surface area contributed by atoms with Gasteiger partial charge in [-0.05, 0) is 31.6 Å². The van der Waals surface area contributed by atoms with Gasteiger partial charge in [-0.25, -0.2) is 9.97 Å². The van der Waals surface area contributed by atoms with Crippen molar-refractivity contribution in [1.29, 1.82) is 0 Å². The summed E-state index contributed by atoms with van der Waals surface area (Å²) in [6, 6.07) is 0. The summed E-state index contributed by atoms with van der Waals surface area (Å²) in [7, 11) is 0. The molecular formula is C13H20N2O. The maximum atomic E-state index is 9.14. The summed E-state index contributed by atoms with van der Waals surface area (Å²) >= 11 is 0. The van der Waals surface area contributed by atoms with Gasteiger partial charge in [-0.1, -0.05) is 19.8 Å². The van der Waals surface area contributed by atoms with Crippen LogP contribution in [0.1, 0.15) is 57.2 Å². The Kier molecular flexibility index (Phi) is 3.75. The first kappa shape index (κ1) is 11.4. The average molecular weight is 220 g/mol. The number of nitrogens with zero attached hydrogens (tertiary/aromatic N) is 2. The van der Waals surface area contributed by atoms with Crippen LogP contribution in [0.5, 0.6) is 5.75 Å². The Balaban J connectivity index is 1.91. The minimum Gasteiger partial charge on any atom is -0.505 e. The molecule has 1 saturated carbocycles. The second-order valence-electron chi connectivity index (χ2n) is 4.81. The lowest BCUT2D eigenvalue weighted by atomic mass is 9.80. The second-order valence-corrected chi connectivity index (χ2v) is 4.81. The van der Waals surface area contributed by atoms with Crippen LogP contribution in [0.25, 0.3) is 0 Å². The van der Waals surface area contributed by atoms with Crippen LogP contribution in [0.4, 0.5) is 0 Å². The fourth-order valence-corrected chi connectivity index (χ4v) is 2.66. The van der Waals surface area contributed by atoms with E-state index in [0.29, 0.717) is 5.92 Å². The largest absolute Gasteiger partial charge is 0.505 e. The maximum Gasteiger partial charge on any atom is 0.152 e. The van der Waals surface area contributed by atoms with Gasteiger partial charge in [0.2, 0.25) is 0 Å². The van der Waals surface area contributed by atoms with Crippen molar-refractivity contribution < 1.29 is 5.11 Å². The summed E-state index contributed by atoms with van der Waals surface area (Å²) in [4.78, 5) is 8.42. The molecule has 2 rings (SSSR count). The third-order valence-corrected chi connectivity index (χ3v) is 3.57. The number of aromatic nitrogens is 2. The molecule has 0 bridgehead atoms. The second kappa shape index (κ2) is 5.28. The lowest BCUT2D eigenvalue weighted by Gasteiger charge is -2.27. The maximum absolute atomic E-state index is 9.14. The van der Waals surface area contributed by atoms with Crippen molar-refractivity contribution >= 4 is 0 Å². The van der Waals surface area contributed by atoms with Crippen molar-refractivity contribution in [3.8, 4) is 5.75 Å². The molecule has 1 fully saturated rings. The molecule has 0 radical (unpaired) electrons. The van der Waals surface area contributed by atoms with E-state index in [9.17, 15) is 0 Å². The lowest BCUT2D eigenvalue weighted by molar-refractivity contribution is 0.302. The van der Waals surface area contributed by atoms with Gasteiger partial charge in [0.15, 0.2) is 5.75 Å². The first-order chi connectivity index (χ1) is 7.79. The Hall–Kier alpha value is -1.12. The SMILES string of the molecule is CCCC1CCC(c2ncc(O)cn2)CC1. The molecule has 88 valence electrons. The van der Waals surface area contributed by atoms with Gasteiger partial charge in [0, 0.05) is 5.92 Å². The van der Waals surface area contributed by atoms with E-state index in [1.165, 1.54) is 50.9 Å². The van der Waals surface area contributed by atoms with E-state index < -0.39 is 0 Å². The van der Waals surface area contributed by atoms with Crippen LogP contribution in [0.15, 0.2) is 12.4 Å². The fourth-order valence-electron chi connectivity index (χ4n) is 2.66. The molecule has 1 aliphatic rings. The smallest absolute Gasteiger partial charge is 0.152 e. The van der Waals surface area contributed by atoms with Crippen LogP contribution in [0.2, 0.25) is 0 Å². The first-order valence-corrected chi connectivity index (χ1v) is 6.30. The van der Waals surface area contributed by atoms with Gasteiger partial charge in [-0.3, -0.25) is 0 Å². The van der Waals surface area contributed by atoms with Gasteiger partial charge in [0.05, 0.1) is 12.4 Å². The molecule has 16 heavy (non-hydrogen) atoms. The highest BCUT2D eigenvalue weighted by Crippen LogP contribution is 2.36. The normalized spacial score (nSPS) is 25.6. The zero-order valence-electron chi connectivity index (χ0n) is 9.89. The molecule has 3 heteroatoms. The van der Waals surface area contributed by atoms with Crippen LogP contribution in [0.3, 0.4) is 0 Å². The molecule has 1 aromatic heterocycles. The van der Waals surface area contributed by atoms with Gasteiger partial charge >= 0.3 is 0 Å². The summed E-state index contributed by atoms with van der Waals surface area (Å²) in [6.07, 6.45) is 10.7. The van der Waals surface area contributed by atoms with Crippen LogP contribution in [-0.2, 0) is 0 Å². The molecule has 0 atom stereocenters. The topological polar surface area (TPSA) is 46.0 Å². The van der Waals surface area contributed by atoms with E-state index in [4.69, 9.17) is 5.11 Å². The summed E-state index contributed by atoms with van der Waals surface area (Å²) < 4.78 is 0. The minimum absolute atomic E-state index is 0.156. The zero-order valence-corrected chi connectivity index (χ0v) is 9.89. The number of aromatic hydroxyl groups is 1. The minimum atomic E-state index is 0.156. The molecule has 0 saturated heterocycles. The summed E-state index contributed by atoms with van der Waals surface area (Å²) in [5.74, 6) is 2.49. The highest BCUT2D eigenvalue weighted by Gasteiger charge is 2.23. The van der Waals surface area contributed by atoms with Crippen molar-refractivity contribution in [2.45, 2.75) is 51.4 Å². The van der Waals surface area contributed by atoms with E-state index in [2.05, 4.69) is 16.9 Å². The van der Waals surface area contributed by atoms with Gasteiger partial charge in [-0.15, -0.1) is 0 Å². The molecule has 1 aliphatic carbocycles. The van der Waals surface area contributed by atoms with Crippen molar-refractivity contribution in [3.05, 3.63) is 18.2 Å². The molecule has 0 aromatic carbocycles. The molecular weight excluding hydrogens is 200 g/mol. The Morgan fingerprint density at radius 2 is 1.81 bits per heavy atom. The van der Waals surface area contributed by atoms with E-state index in [-0.39, 0.29) is 5.75 Å². The summed E-state index contributed by atoms with van der Waals surface area (Å²) in [5, 5.41) is 9.14. The van der Waals surface area contributed by atoms with Gasteiger partial charge in [0.25, 0.3) is 0 Å². The quantitative estimate of drug-likeness (QED) is 0.850. The van der Waals surface area contributed by atoms with E-state index >= 15 is 0 Å². The van der Waals surface area contributed by atoms with Gasteiger partial charge < -0.3 is 5.11 Å². The van der Waals surface area contributed by atoms with Crippen molar-refractivity contribution in [2.75, 3.05) is 0 Å². The zero-order chi connectivity index (χ0) is 11.4. The highest BCUT2D eigenvalue weighted by atomic mass is 16.3. The van der Waals surface area contributed by atoms with Crippen LogP contribution in [-0.4, -0.2) is 15.1 Å². The number of hydrogen-bond donors (Lipinski definition) is 1. The standard InChI is InChI=1S/C13H20N2O/c1-2-3-10-4-6-11(7-5-10)13-14-8-12(16)9-15-13/h8-11,16H,2-7H2,1H3. The van der Waals surface area contributed by atoms with Crippen LogP contribution in [0, 0.1) is 5.92 Å². The molecule has 0 spiro atoms. The third-order valence-electron chi connectivity index (χ3n) is 3.57. The van der Waals surface area contributed by atoms with E-state index in [0.717, 1.165) is 11.7 Å². The van der Waals surface area contributed by atoms with Crippen molar-refractivity contribution in [2.24, 2.45) is 5.92 Å². The average Bonchev–Trinajstić information content (AvgIpc) is 2.32. The molecule has 1 heterocycles. The molecule has 3 nitrogen and oxygen atoms in total. The van der Waals surface area contributed by atoms with Gasteiger partial charge in [-0.2, -0.15) is 0 Å². The van der Waals surface area contributed by atoms with Crippen molar-refractivity contribution in [3.63, 3.8) is 0 Å². The summed E-state index contributed by atoms with van der Waals surface area (Å²) in [6.45, 7) is 2.26. The molecule has 0 aliphatic heterocycles. The Labute approximate surface area is 96.9 Å². The van der Waals surface area contributed by atoms with E-state index in [1.807, 2.05) is 0 Å².